The van der Waals surface area contributed by atoms with E-state index in [1.54, 1.807) is 0 Å². The normalized spacial score (nSPS) is 13.0. The number of rotatable bonds is 6. The van der Waals surface area contributed by atoms with E-state index in [1.165, 1.54) is 20.7 Å². The highest BCUT2D eigenvalue weighted by Crippen LogP contribution is 2.42. The maximum atomic E-state index is 7.12. The molecule has 7 heteroatoms. The molecule has 0 radical (unpaired) electrons. The van der Waals surface area contributed by atoms with Gasteiger partial charge in [0, 0.05) is 30.3 Å². The van der Waals surface area contributed by atoms with E-state index in [4.69, 9.17) is 19.4 Å². The number of aromatic nitrogens is 4. The SMILES string of the molecule is Cn1c(-c2cccc(Oc3ccc4c5c6c(ccc5n(-c5ccccn5)c4c3)[Si](c3ccccc3)(c3ccccc3)c3ccccc3O6)c2)nc2ccccc21. The first-order chi connectivity index (χ1) is 27.7. The van der Waals surface area contributed by atoms with Gasteiger partial charge in [0.2, 0.25) is 0 Å². The molecule has 0 saturated heterocycles. The molecule has 0 bridgehead atoms. The quantitative estimate of drug-likeness (QED) is 0.160. The molecule has 0 spiro atoms. The summed E-state index contributed by atoms with van der Waals surface area (Å²) in [6, 6.07) is 63.9. The third-order valence-corrected chi connectivity index (χ3v) is 16.0. The molecular weight excluding hydrogens is 705 g/mol. The summed E-state index contributed by atoms with van der Waals surface area (Å²) in [6.45, 7) is 0. The predicted octanol–water partition coefficient (Wildman–Crippen LogP) is 9.01. The highest BCUT2D eigenvalue weighted by molar-refractivity contribution is 7.20. The largest absolute Gasteiger partial charge is 0.457 e. The standard InChI is InChI=1S/C49H34N4O2Si/c1-52-40-22-9-8-21-39(40)51-49(52)33-15-14-16-34(31-33)54-35-26-27-38-42(32-35)53(46-25-12-13-30-50-46)41-28-29-45-48(47(38)41)55-43-23-10-11-24-44(43)56(45,36-17-4-2-5-18-36)37-19-6-3-7-20-37/h2-32H,1H3. The molecule has 7 aromatic carbocycles. The van der Waals surface area contributed by atoms with E-state index in [9.17, 15) is 0 Å². The monoisotopic (exact) mass is 738 g/mol. The van der Waals surface area contributed by atoms with Gasteiger partial charge < -0.3 is 14.0 Å². The number of imidazole rings is 1. The summed E-state index contributed by atoms with van der Waals surface area (Å²) in [5.74, 6) is 4.94. The van der Waals surface area contributed by atoms with Gasteiger partial charge in [-0.05, 0) is 81.4 Å². The summed E-state index contributed by atoms with van der Waals surface area (Å²) in [5.41, 5.74) is 5.03. The number of ether oxygens (including phenoxy) is 2. The third kappa shape index (κ3) is 4.81. The van der Waals surface area contributed by atoms with Crippen molar-refractivity contribution < 1.29 is 9.47 Å². The molecule has 0 fully saturated rings. The average Bonchev–Trinajstić information content (AvgIpc) is 3.78. The average molecular weight is 739 g/mol. The second-order valence-electron chi connectivity index (χ2n) is 14.2. The molecule has 3 aromatic heterocycles. The lowest BCUT2D eigenvalue weighted by molar-refractivity contribution is 0.483. The van der Waals surface area contributed by atoms with Gasteiger partial charge in [-0.2, -0.15) is 0 Å². The topological polar surface area (TPSA) is 54.1 Å². The molecule has 0 unspecified atom stereocenters. The van der Waals surface area contributed by atoms with Crippen molar-refractivity contribution in [3.05, 3.63) is 188 Å². The molecule has 10 aromatic rings. The zero-order chi connectivity index (χ0) is 37.2. The molecule has 0 saturated carbocycles. The van der Waals surface area contributed by atoms with Gasteiger partial charge in [-0.15, -0.1) is 0 Å². The molecule has 6 nitrogen and oxygen atoms in total. The Kier molecular flexibility index (Phi) is 7.30. The minimum atomic E-state index is -2.84. The van der Waals surface area contributed by atoms with Crippen LogP contribution in [0.25, 0.3) is 50.0 Å². The first-order valence-corrected chi connectivity index (χ1v) is 20.8. The third-order valence-electron chi connectivity index (χ3n) is 11.2. The molecule has 0 amide bonds. The Morgan fingerprint density at radius 2 is 1.30 bits per heavy atom. The second-order valence-corrected chi connectivity index (χ2v) is 18.0. The summed E-state index contributed by atoms with van der Waals surface area (Å²) in [6.07, 6.45) is 1.84. The second kappa shape index (κ2) is 12.7. The summed E-state index contributed by atoms with van der Waals surface area (Å²) < 4.78 is 18.1. The number of hydrogen-bond donors (Lipinski definition) is 0. The molecule has 11 rings (SSSR count). The van der Waals surface area contributed by atoms with Gasteiger partial charge in [0.15, 0.2) is 8.07 Å². The van der Waals surface area contributed by atoms with Crippen LogP contribution < -0.4 is 30.2 Å². The fourth-order valence-corrected chi connectivity index (χ4v) is 13.7. The van der Waals surface area contributed by atoms with Crippen molar-refractivity contribution in [2.45, 2.75) is 0 Å². The number of benzene rings is 7. The molecule has 0 atom stereocenters. The van der Waals surface area contributed by atoms with E-state index in [1.807, 2.05) is 48.7 Å². The Bertz CT molecular complexity index is 3060. The van der Waals surface area contributed by atoms with Gasteiger partial charge >= 0.3 is 0 Å². The Hall–Kier alpha value is -7.22. The summed E-state index contributed by atoms with van der Waals surface area (Å²) in [5, 5.41) is 7.21. The Labute approximate surface area is 324 Å². The van der Waals surface area contributed by atoms with Crippen LogP contribution in [0.5, 0.6) is 23.0 Å². The molecule has 266 valence electrons. The lowest BCUT2D eigenvalue weighted by atomic mass is 10.1. The fraction of sp³-hybridized carbons (Fsp3) is 0.0204. The van der Waals surface area contributed by atoms with Crippen molar-refractivity contribution in [3.8, 4) is 40.2 Å². The smallest absolute Gasteiger partial charge is 0.188 e. The molecule has 4 heterocycles. The van der Waals surface area contributed by atoms with Crippen LogP contribution in [0.2, 0.25) is 0 Å². The lowest BCUT2D eigenvalue weighted by Gasteiger charge is -2.39. The van der Waals surface area contributed by atoms with Crippen LogP contribution in [0.4, 0.5) is 0 Å². The first kappa shape index (κ1) is 32.2. The van der Waals surface area contributed by atoms with Crippen LogP contribution in [-0.4, -0.2) is 27.2 Å². The van der Waals surface area contributed by atoms with E-state index in [0.29, 0.717) is 0 Å². The van der Waals surface area contributed by atoms with Gasteiger partial charge in [0.25, 0.3) is 0 Å². The number of aryl methyl sites for hydroxylation is 1. The summed E-state index contributed by atoms with van der Waals surface area (Å²) in [4.78, 5) is 9.79. The van der Waals surface area contributed by atoms with Crippen molar-refractivity contribution >= 4 is 61.7 Å². The highest BCUT2D eigenvalue weighted by Gasteiger charge is 2.48. The maximum Gasteiger partial charge on any atom is 0.188 e. The Morgan fingerprint density at radius 3 is 2.09 bits per heavy atom. The van der Waals surface area contributed by atoms with Crippen molar-refractivity contribution in [2.75, 3.05) is 0 Å². The number of fused-ring (bicyclic) bond motifs is 7. The van der Waals surface area contributed by atoms with Gasteiger partial charge in [0.05, 0.1) is 27.5 Å². The fourth-order valence-electron chi connectivity index (χ4n) is 8.78. The predicted molar refractivity (Wildman–Crippen MR) is 228 cm³/mol. The van der Waals surface area contributed by atoms with Crippen molar-refractivity contribution in [1.82, 2.24) is 19.1 Å². The number of pyridine rings is 1. The van der Waals surface area contributed by atoms with Crippen LogP contribution in [-0.2, 0) is 7.05 Å². The van der Waals surface area contributed by atoms with Crippen LogP contribution in [0.15, 0.2) is 188 Å². The van der Waals surface area contributed by atoms with E-state index in [2.05, 4.69) is 156 Å². The van der Waals surface area contributed by atoms with Crippen LogP contribution in [0.1, 0.15) is 0 Å². The molecule has 0 aliphatic carbocycles. The summed E-state index contributed by atoms with van der Waals surface area (Å²) in [7, 11) is -0.791. The summed E-state index contributed by atoms with van der Waals surface area (Å²) >= 11 is 0. The zero-order valence-electron chi connectivity index (χ0n) is 30.5. The van der Waals surface area contributed by atoms with Crippen LogP contribution in [0.3, 0.4) is 0 Å². The maximum absolute atomic E-state index is 7.12. The lowest BCUT2D eigenvalue weighted by Crippen LogP contribution is -2.76. The number of para-hydroxylation sites is 3. The van der Waals surface area contributed by atoms with E-state index < -0.39 is 8.07 Å². The number of nitrogens with zero attached hydrogens (tertiary/aromatic N) is 4. The molecule has 1 aliphatic heterocycles. The Balaban J connectivity index is 1.13. The van der Waals surface area contributed by atoms with Gasteiger partial charge in [-0.1, -0.05) is 115 Å². The van der Waals surface area contributed by atoms with Crippen LogP contribution >= 0.6 is 0 Å². The van der Waals surface area contributed by atoms with Gasteiger partial charge in [-0.3, -0.25) is 4.57 Å². The molecule has 1 aliphatic rings. The Morgan fingerprint density at radius 1 is 0.571 bits per heavy atom. The van der Waals surface area contributed by atoms with E-state index >= 15 is 0 Å². The highest BCUT2D eigenvalue weighted by atomic mass is 28.3. The molecule has 0 N–H and O–H groups in total. The van der Waals surface area contributed by atoms with Crippen molar-refractivity contribution in [3.63, 3.8) is 0 Å². The van der Waals surface area contributed by atoms with E-state index in [0.717, 1.165) is 73.0 Å². The van der Waals surface area contributed by atoms with E-state index in [-0.39, 0.29) is 0 Å². The van der Waals surface area contributed by atoms with Crippen molar-refractivity contribution in [1.29, 1.82) is 0 Å². The van der Waals surface area contributed by atoms with Gasteiger partial charge in [0.1, 0.15) is 34.6 Å². The molecule has 56 heavy (non-hydrogen) atoms. The minimum absolute atomic E-state index is 0.720. The molecular formula is C49H34N4O2Si. The number of hydrogen-bond acceptors (Lipinski definition) is 4. The first-order valence-electron chi connectivity index (χ1n) is 18.8. The zero-order valence-corrected chi connectivity index (χ0v) is 31.5. The minimum Gasteiger partial charge on any atom is -0.457 e. The van der Waals surface area contributed by atoms with Crippen molar-refractivity contribution in [2.24, 2.45) is 7.05 Å². The van der Waals surface area contributed by atoms with Gasteiger partial charge in [-0.25, -0.2) is 9.97 Å². The van der Waals surface area contributed by atoms with Crippen LogP contribution in [0, 0.1) is 0 Å².